The van der Waals surface area contributed by atoms with E-state index < -0.39 is 5.91 Å². The predicted octanol–water partition coefficient (Wildman–Crippen LogP) is 0.617. The lowest BCUT2D eigenvalue weighted by Gasteiger charge is -2.23. The molecule has 0 unspecified atom stereocenters. The monoisotopic (exact) mass is 436 g/mol. The summed E-state index contributed by atoms with van der Waals surface area (Å²) >= 11 is 0. The van der Waals surface area contributed by atoms with Crippen molar-refractivity contribution in [2.75, 3.05) is 44.4 Å². The molecule has 3 aromatic rings. The average Bonchev–Trinajstić information content (AvgIpc) is 2.77. The lowest BCUT2D eigenvalue weighted by molar-refractivity contribution is -0.120. The Bertz CT molecular complexity index is 1120. The third kappa shape index (κ3) is 5.46. The first-order chi connectivity index (χ1) is 15.4. The molecule has 0 bridgehead atoms. The lowest BCUT2D eigenvalue weighted by atomic mass is 10.1. The number of nitrogens with zero attached hydrogens (tertiary/aromatic N) is 4. The molecule has 2 aromatic heterocycles. The number of nitrogen functional groups attached to an aromatic ring is 1. The zero-order valence-electron chi connectivity index (χ0n) is 18.5. The van der Waals surface area contributed by atoms with Crippen LogP contribution in [0.2, 0.25) is 0 Å². The number of carbonyl (C=O) groups excluding carboxylic acids is 2. The van der Waals surface area contributed by atoms with Crippen molar-refractivity contribution in [3.8, 4) is 0 Å². The summed E-state index contributed by atoms with van der Waals surface area (Å²) in [4.78, 5) is 39.0. The number of para-hydroxylation sites is 1. The van der Waals surface area contributed by atoms with Crippen LogP contribution in [0.15, 0.2) is 36.7 Å². The van der Waals surface area contributed by atoms with Gasteiger partial charge in [0, 0.05) is 50.0 Å². The van der Waals surface area contributed by atoms with E-state index in [1.54, 1.807) is 7.05 Å². The Labute approximate surface area is 186 Å². The highest BCUT2D eigenvalue weighted by atomic mass is 16.2. The van der Waals surface area contributed by atoms with Gasteiger partial charge >= 0.3 is 0 Å². The summed E-state index contributed by atoms with van der Waals surface area (Å²) in [6.07, 6.45) is 2.86. The zero-order chi connectivity index (χ0) is 23.1. The Morgan fingerprint density at radius 2 is 1.94 bits per heavy atom. The summed E-state index contributed by atoms with van der Waals surface area (Å²) in [5.74, 6) is 0.319. The lowest BCUT2D eigenvalue weighted by Crippen LogP contribution is -2.37. The summed E-state index contributed by atoms with van der Waals surface area (Å²) in [6.45, 7) is 3.52. The second-order valence-corrected chi connectivity index (χ2v) is 7.39. The van der Waals surface area contributed by atoms with E-state index >= 15 is 0 Å². The van der Waals surface area contributed by atoms with Crippen LogP contribution in [0.25, 0.3) is 10.9 Å². The number of pyridine rings is 1. The van der Waals surface area contributed by atoms with E-state index in [9.17, 15) is 9.59 Å². The van der Waals surface area contributed by atoms with Gasteiger partial charge in [-0.05, 0) is 25.6 Å². The quantitative estimate of drug-likeness (QED) is 0.383. The second-order valence-electron chi connectivity index (χ2n) is 7.39. The van der Waals surface area contributed by atoms with Crippen molar-refractivity contribution in [2.45, 2.75) is 13.5 Å². The van der Waals surface area contributed by atoms with E-state index in [2.05, 4.69) is 25.9 Å². The number of rotatable bonds is 9. The number of carbonyl (C=O) groups is 2. The number of benzene rings is 1. The van der Waals surface area contributed by atoms with E-state index in [-0.39, 0.29) is 30.5 Å². The number of fused-ring (bicyclic) bond motifs is 1. The van der Waals surface area contributed by atoms with E-state index in [4.69, 9.17) is 10.7 Å². The molecule has 1 aromatic carbocycles. The van der Waals surface area contributed by atoms with E-state index in [1.165, 1.54) is 12.4 Å². The molecular formula is C22H28N8O2. The average molecular weight is 437 g/mol. The molecule has 0 aliphatic heterocycles. The van der Waals surface area contributed by atoms with E-state index in [0.717, 1.165) is 27.8 Å². The van der Waals surface area contributed by atoms with Gasteiger partial charge in [-0.15, -0.1) is 0 Å². The second kappa shape index (κ2) is 10.5. The maximum atomic E-state index is 12.6. The Balaban J connectivity index is 1.82. The third-order valence-corrected chi connectivity index (χ3v) is 4.95. The van der Waals surface area contributed by atoms with Gasteiger partial charge in [0.05, 0.1) is 12.1 Å². The number of likely N-dealkylation sites (N-methyl/N-ethyl adjacent to an activating group) is 2. The molecule has 10 nitrogen and oxygen atoms in total. The first-order valence-electron chi connectivity index (χ1n) is 10.3. The van der Waals surface area contributed by atoms with Crippen LogP contribution in [0.4, 0.5) is 11.6 Å². The number of aryl methyl sites for hydroxylation is 1. The fourth-order valence-corrected chi connectivity index (χ4v) is 3.32. The minimum atomic E-state index is -0.409. The van der Waals surface area contributed by atoms with Crippen molar-refractivity contribution in [2.24, 2.45) is 0 Å². The standard InChI is InChI=1S/C22H28N8O2/c1-14-5-4-6-15-11-16(12-28-22(32)19-20(23)27-8-7-26-19)21(29-18(14)15)30(3)10-9-25-17(31)13-24-2/h4-8,11,24H,9-10,12-13H2,1-3H3,(H2,23,27)(H,25,31)(H,28,32). The molecule has 32 heavy (non-hydrogen) atoms. The number of hydrogen-bond donors (Lipinski definition) is 4. The van der Waals surface area contributed by atoms with Gasteiger partial charge in [-0.25, -0.2) is 15.0 Å². The van der Waals surface area contributed by atoms with Crippen LogP contribution in [-0.2, 0) is 11.3 Å². The molecule has 3 rings (SSSR count). The van der Waals surface area contributed by atoms with E-state index in [1.807, 2.05) is 43.1 Å². The largest absolute Gasteiger partial charge is 0.382 e. The van der Waals surface area contributed by atoms with Crippen molar-refractivity contribution in [1.29, 1.82) is 0 Å². The summed E-state index contributed by atoms with van der Waals surface area (Å²) in [5, 5.41) is 9.52. The minimum absolute atomic E-state index is 0.0720. The van der Waals surface area contributed by atoms with Crippen molar-refractivity contribution in [3.05, 3.63) is 53.5 Å². The SMILES string of the molecule is CNCC(=O)NCCN(C)c1nc2c(C)cccc2cc1CNC(=O)c1nccnc1N. The number of anilines is 2. The molecule has 5 N–H and O–H groups in total. The third-order valence-electron chi connectivity index (χ3n) is 4.95. The molecule has 2 amide bonds. The molecule has 168 valence electrons. The summed E-state index contributed by atoms with van der Waals surface area (Å²) in [6, 6.07) is 7.99. The Morgan fingerprint density at radius 3 is 2.69 bits per heavy atom. The maximum absolute atomic E-state index is 12.6. The highest BCUT2D eigenvalue weighted by Gasteiger charge is 2.16. The summed E-state index contributed by atoms with van der Waals surface area (Å²) in [5.41, 5.74) is 8.63. The van der Waals surface area contributed by atoms with Gasteiger partial charge < -0.3 is 26.6 Å². The van der Waals surface area contributed by atoms with Crippen LogP contribution >= 0.6 is 0 Å². The Morgan fingerprint density at radius 1 is 1.16 bits per heavy atom. The molecule has 0 aliphatic rings. The van der Waals surface area contributed by atoms with Gasteiger partial charge in [0.1, 0.15) is 5.82 Å². The highest BCUT2D eigenvalue weighted by molar-refractivity contribution is 5.96. The summed E-state index contributed by atoms with van der Waals surface area (Å²) < 4.78 is 0. The van der Waals surface area contributed by atoms with Crippen LogP contribution in [0, 0.1) is 6.92 Å². The molecule has 0 saturated carbocycles. The zero-order valence-corrected chi connectivity index (χ0v) is 18.5. The molecular weight excluding hydrogens is 408 g/mol. The molecule has 2 heterocycles. The first kappa shape index (κ1) is 22.9. The maximum Gasteiger partial charge on any atom is 0.273 e. The molecule has 0 fully saturated rings. The van der Waals surface area contributed by atoms with Crippen LogP contribution in [0.3, 0.4) is 0 Å². The van der Waals surface area contributed by atoms with Gasteiger partial charge in [0.15, 0.2) is 11.5 Å². The first-order valence-corrected chi connectivity index (χ1v) is 10.3. The number of hydrogen-bond acceptors (Lipinski definition) is 8. The Kier molecular flexibility index (Phi) is 7.50. The Hall–Kier alpha value is -3.79. The van der Waals surface area contributed by atoms with Crippen molar-refractivity contribution >= 4 is 34.4 Å². The van der Waals surface area contributed by atoms with Crippen molar-refractivity contribution < 1.29 is 9.59 Å². The smallest absolute Gasteiger partial charge is 0.273 e. The van der Waals surface area contributed by atoms with Gasteiger partial charge in [-0.1, -0.05) is 18.2 Å². The predicted molar refractivity (Wildman–Crippen MR) is 124 cm³/mol. The number of nitrogens with two attached hydrogens (primary N) is 1. The highest BCUT2D eigenvalue weighted by Crippen LogP contribution is 2.25. The van der Waals surface area contributed by atoms with E-state index in [0.29, 0.717) is 13.1 Å². The van der Waals surface area contributed by atoms with Gasteiger partial charge in [0.2, 0.25) is 5.91 Å². The molecule has 0 radical (unpaired) electrons. The van der Waals surface area contributed by atoms with Gasteiger partial charge in [-0.2, -0.15) is 0 Å². The van der Waals surface area contributed by atoms with Crippen LogP contribution < -0.4 is 26.6 Å². The molecule has 0 atom stereocenters. The van der Waals surface area contributed by atoms with Crippen LogP contribution in [-0.4, -0.2) is 60.5 Å². The topological polar surface area (TPSA) is 138 Å². The molecule has 0 spiro atoms. The molecule has 0 saturated heterocycles. The van der Waals surface area contributed by atoms with Crippen LogP contribution in [0.5, 0.6) is 0 Å². The fourth-order valence-electron chi connectivity index (χ4n) is 3.32. The van der Waals surface area contributed by atoms with Crippen LogP contribution in [0.1, 0.15) is 21.6 Å². The summed E-state index contributed by atoms with van der Waals surface area (Å²) in [7, 11) is 3.63. The fraction of sp³-hybridized carbons (Fsp3) is 0.318. The minimum Gasteiger partial charge on any atom is -0.382 e. The normalized spacial score (nSPS) is 10.7. The van der Waals surface area contributed by atoms with Crippen molar-refractivity contribution in [1.82, 2.24) is 30.9 Å². The molecule has 0 aliphatic carbocycles. The number of amides is 2. The number of aromatic nitrogens is 3. The molecule has 10 heteroatoms. The van der Waals surface area contributed by atoms with Gasteiger partial charge in [-0.3, -0.25) is 9.59 Å². The number of nitrogens with one attached hydrogen (secondary N) is 3. The van der Waals surface area contributed by atoms with Gasteiger partial charge in [0.25, 0.3) is 5.91 Å². The van der Waals surface area contributed by atoms with Crippen molar-refractivity contribution in [3.63, 3.8) is 0 Å².